The third-order valence-electron chi connectivity index (χ3n) is 3.23. The Balaban J connectivity index is 4.50. The zero-order chi connectivity index (χ0) is 19.0. The fourth-order valence-electron chi connectivity index (χ4n) is 1.90. The van der Waals surface area contributed by atoms with Crippen molar-refractivity contribution >= 4 is 5.97 Å². The molecule has 0 radical (unpaired) electrons. The molecule has 1 unspecified atom stereocenters. The molecule has 0 saturated carbocycles. The number of hydrogen-bond acceptors (Lipinski definition) is 3. The van der Waals surface area contributed by atoms with E-state index >= 15 is 0 Å². The first-order chi connectivity index (χ1) is 10.8. The minimum absolute atomic E-state index is 0.128. The number of aliphatic hydroxyl groups is 1. The maximum atomic E-state index is 12.5. The molecule has 0 bridgehead atoms. The lowest BCUT2D eigenvalue weighted by atomic mass is 9.95. The number of carbonyl (C=O) groups excluding carboxylic acids is 1. The molecule has 0 aromatic heterocycles. The normalized spacial score (nSPS) is 14.9. The van der Waals surface area contributed by atoms with Crippen molar-refractivity contribution in [1.82, 2.24) is 0 Å². The van der Waals surface area contributed by atoms with E-state index in [-0.39, 0.29) is 6.42 Å². The molecule has 0 aromatic rings. The van der Waals surface area contributed by atoms with Gasteiger partial charge in [0, 0.05) is 12.8 Å². The van der Waals surface area contributed by atoms with E-state index < -0.39 is 36.4 Å². The van der Waals surface area contributed by atoms with Gasteiger partial charge >= 0.3 is 18.3 Å². The molecule has 1 N–H and O–H groups in total. The summed E-state index contributed by atoms with van der Waals surface area (Å²) in [7, 11) is 0. The lowest BCUT2D eigenvalue weighted by molar-refractivity contribution is -0.373. The summed E-state index contributed by atoms with van der Waals surface area (Å²) >= 11 is 0. The van der Waals surface area contributed by atoms with Crippen LogP contribution < -0.4 is 0 Å². The third-order valence-corrected chi connectivity index (χ3v) is 3.23. The molecular formula is C15H22F6O3. The highest BCUT2D eigenvalue weighted by Gasteiger charge is 2.70. The van der Waals surface area contributed by atoms with Gasteiger partial charge in [-0.1, -0.05) is 25.5 Å². The molecule has 9 heteroatoms. The van der Waals surface area contributed by atoms with Crippen LogP contribution in [0.5, 0.6) is 0 Å². The second kappa shape index (κ2) is 9.29. The maximum absolute atomic E-state index is 12.5. The van der Waals surface area contributed by atoms with E-state index in [1.54, 1.807) is 0 Å². The van der Waals surface area contributed by atoms with Crippen LogP contribution in [0.15, 0.2) is 12.2 Å². The van der Waals surface area contributed by atoms with Crippen molar-refractivity contribution in [2.24, 2.45) is 0 Å². The van der Waals surface area contributed by atoms with Crippen molar-refractivity contribution in [3.63, 3.8) is 0 Å². The van der Waals surface area contributed by atoms with E-state index in [9.17, 15) is 31.1 Å². The van der Waals surface area contributed by atoms with E-state index in [1.807, 2.05) is 19.1 Å². The van der Waals surface area contributed by atoms with Gasteiger partial charge < -0.3 is 9.84 Å². The van der Waals surface area contributed by atoms with Crippen LogP contribution in [0.3, 0.4) is 0 Å². The summed E-state index contributed by atoms with van der Waals surface area (Å²) in [6, 6.07) is 0. The second-order valence-corrected chi connectivity index (χ2v) is 5.51. The average molecular weight is 364 g/mol. The highest BCUT2D eigenvalue weighted by molar-refractivity contribution is 5.69. The number of esters is 1. The first-order valence-corrected chi connectivity index (χ1v) is 7.55. The predicted octanol–water partition coefficient (Wildman–Crippen LogP) is 4.69. The third kappa shape index (κ3) is 7.11. The Labute approximate surface area is 136 Å². The Morgan fingerprint density at radius 1 is 1.08 bits per heavy atom. The fraction of sp³-hybridized carbons (Fsp3) is 0.800. The molecule has 0 spiro atoms. The summed E-state index contributed by atoms with van der Waals surface area (Å²) in [6.07, 6.45) is -8.97. The number of unbranched alkanes of at least 4 members (excludes halogenated alkanes) is 2. The molecule has 0 aliphatic rings. The second-order valence-electron chi connectivity index (χ2n) is 5.51. The summed E-state index contributed by atoms with van der Waals surface area (Å²) < 4.78 is 79.7. The Morgan fingerprint density at radius 3 is 2.04 bits per heavy atom. The number of halogens is 6. The number of carbonyl (C=O) groups is 1. The molecule has 24 heavy (non-hydrogen) atoms. The van der Waals surface area contributed by atoms with E-state index in [2.05, 4.69) is 4.74 Å². The monoisotopic (exact) mass is 364 g/mol. The standard InChI is InChI=1S/C15H22F6O3/c1-3-4-5-6-7-8-9-12(22)24-11(2)10-13(23,14(16,17)18)15(19,20)21/h5-6,11,23H,3-4,7-10H2,1-2H3/b6-5-. The minimum atomic E-state index is -5.92. The van der Waals surface area contributed by atoms with Crippen molar-refractivity contribution in [3.05, 3.63) is 12.2 Å². The average Bonchev–Trinajstić information content (AvgIpc) is 2.39. The van der Waals surface area contributed by atoms with Crippen LogP contribution in [0.25, 0.3) is 0 Å². The van der Waals surface area contributed by atoms with Gasteiger partial charge in [0.25, 0.3) is 5.60 Å². The van der Waals surface area contributed by atoms with E-state index in [0.717, 1.165) is 19.8 Å². The van der Waals surface area contributed by atoms with Gasteiger partial charge in [0.2, 0.25) is 0 Å². The molecule has 142 valence electrons. The lowest BCUT2D eigenvalue weighted by Crippen LogP contribution is -2.58. The minimum Gasteiger partial charge on any atom is -0.463 e. The van der Waals surface area contributed by atoms with Crippen LogP contribution in [0, 0.1) is 0 Å². The van der Waals surface area contributed by atoms with E-state index in [1.165, 1.54) is 0 Å². The SMILES string of the molecule is CCC/C=C\CCCC(=O)OC(C)CC(O)(C(F)(F)F)C(F)(F)F. The highest BCUT2D eigenvalue weighted by Crippen LogP contribution is 2.46. The Hall–Kier alpha value is -1.25. The van der Waals surface area contributed by atoms with Gasteiger partial charge in [0.1, 0.15) is 6.10 Å². The summed E-state index contributed by atoms with van der Waals surface area (Å²) in [6.45, 7) is 2.87. The number of ether oxygens (including phenoxy) is 1. The van der Waals surface area contributed by atoms with Crippen LogP contribution in [0.4, 0.5) is 26.3 Å². The number of hydrogen-bond donors (Lipinski definition) is 1. The summed E-state index contributed by atoms with van der Waals surface area (Å²) in [5, 5.41) is 9.01. The van der Waals surface area contributed by atoms with Crippen molar-refractivity contribution in [2.75, 3.05) is 0 Å². The largest absolute Gasteiger partial charge is 0.463 e. The van der Waals surface area contributed by atoms with Crippen LogP contribution in [-0.4, -0.2) is 35.1 Å². The van der Waals surface area contributed by atoms with Crippen molar-refractivity contribution in [2.45, 2.75) is 76.4 Å². The van der Waals surface area contributed by atoms with Gasteiger partial charge in [-0.15, -0.1) is 0 Å². The molecule has 0 amide bonds. The number of alkyl halides is 6. The van der Waals surface area contributed by atoms with Crippen molar-refractivity contribution in [3.8, 4) is 0 Å². The Kier molecular flexibility index (Phi) is 8.81. The molecule has 0 rings (SSSR count). The van der Waals surface area contributed by atoms with Gasteiger partial charge in [0.15, 0.2) is 0 Å². The quantitative estimate of drug-likeness (QED) is 0.279. The fourth-order valence-corrected chi connectivity index (χ4v) is 1.90. The lowest BCUT2D eigenvalue weighted by Gasteiger charge is -2.33. The van der Waals surface area contributed by atoms with Gasteiger partial charge in [0.05, 0.1) is 0 Å². The van der Waals surface area contributed by atoms with Gasteiger partial charge in [-0.05, 0) is 26.2 Å². The Bertz CT molecular complexity index is 400. The van der Waals surface area contributed by atoms with Crippen LogP contribution in [0.2, 0.25) is 0 Å². The zero-order valence-electron chi connectivity index (χ0n) is 13.5. The van der Waals surface area contributed by atoms with Crippen molar-refractivity contribution < 1.29 is 41.0 Å². The molecule has 0 aromatic carbocycles. The molecule has 0 saturated heterocycles. The topological polar surface area (TPSA) is 46.5 Å². The summed E-state index contributed by atoms with van der Waals surface area (Å²) in [5.74, 6) is -0.905. The molecule has 1 atom stereocenters. The molecule has 0 fully saturated rings. The highest BCUT2D eigenvalue weighted by atomic mass is 19.4. The molecule has 3 nitrogen and oxygen atoms in total. The summed E-state index contributed by atoms with van der Waals surface area (Å²) in [4.78, 5) is 11.4. The van der Waals surface area contributed by atoms with Gasteiger partial charge in [-0.2, -0.15) is 26.3 Å². The first-order valence-electron chi connectivity index (χ1n) is 7.55. The van der Waals surface area contributed by atoms with Crippen molar-refractivity contribution in [1.29, 1.82) is 0 Å². The number of rotatable bonds is 9. The van der Waals surface area contributed by atoms with Crippen LogP contribution in [-0.2, 0) is 9.53 Å². The maximum Gasteiger partial charge on any atom is 0.426 e. The molecular weight excluding hydrogens is 342 g/mol. The van der Waals surface area contributed by atoms with E-state index in [0.29, 0.717) is 12.8 Å². The van der Waals surface area contributed by atoms with Gasteiger partial charge in [-0.3, -0.25) is 4.79 Å². The predicted molar refractivity (Wildman–Crippen MR) is 75.1 cm³/mol. The molecule has 0 aliphatic carbocycles. The van der Waals surface area contributed by atoms with Crippen LogP contribution in [0.1, 0.15) is 52.4 Å². The molecule has 0 heterocycles. The smallest absolute Gasteiger partial charge is 0.426 e. The Morgan fingerprint density at radius 2 is 1.58 bits per heavy atom. The first kappa shape index (κ1) is 22.8. The number of allylic oxidation sites excluding steroid dienone is 2. The van der Waals surface area contributed by atoms with Gasteiger partial charge in [-0.25, -0.2) is 0 Å². The zero-order valence-corrected chi connectivity index (χ0v) is 13.5. The van der Waals surface area contributed by atoms with Crippen LogP contribution >= 0.6 is 0 Å². The summed E-state index contributed by atoms with van der Waals surface area (Å²) in [5.41, 5.74) is -4.91. The molecule has 0 aliphatic heterocycles. The van der Waals surface area contributed by atoms with E-state index in [4.69, 9.17) is 5.11 Å².